The summed E-state index contributed by atoms with van der Waals surface area (Å²) in [5.41, 5.74) is 0.497. The van der Waals surface area contributed by atoms with Crippen LogP contribution in [0.15, 0.2) is 24.3 Å². The zero-order valence-corrected chi connectivity index (χ0v) is 9.30. The van der Waals surface area contributed by atoms with E-state index in [1.165, 1.54) is 12.1 Å². The molecule has 0 aliphatic rings. The highest BCUT2D eigenvalue weighted by atomic mass is 19.1. The van der Waals surface area contributed by atoms with Crippen molar-refractivity contribution >= 4 is 5.91 Å². The van der Waals surface area contributed by atoms with Crippen LogP contribution in [0.2, 0.25) is 0 Å². The summed E-state index contributed by atoms with van der Waals surface area (Å²) in [5, 5.41) is 2.62. The van der Waals surface area contributed by atoms with Gasteiger partial charge < -0.3 is 5.32 Å². The number of carbonyl (C=O) groups is 1. The van der Waals surface area contributed by atoms with Gasteiger partial charge in [-0.15, -0.1) is 0 Å². The molecule has 0 heterocycles. The van der Waals surface area contributed by atoms with Crippen molar-refractivity contribution < 1.29 is 9.18 Å². The molecule has 1 N–H and O–H groups in total. The van der Waals surface area contributed by atoms with Gasteiger partial charge in [0.2, 0.25) is 5.91 Å². The maximum atomic E-state index is 12.7. The van der Waals surface area contributed by atoms with Gasteiger partial charge in [-0.05, 0) is 24.1 Å². The molecule has 1 rings (SSSR count). The number of halogens is 1. The molecule has 1 amide bonds. The van der Waals surface area contributed by atoms with E-state index in [4.69, 9.17) is 0 Å². The second kappa shape index (κ2) is 4.43. The van der Waals surface area contributed by atoms with Crippen LogP contribution >= 0.6 is 0 Å². The maximum Gasteiger partial charge on any atom is 0.225 e. The van der Waals surface area contributed by atoms with Crippen molar-refractivity contribution in [2.24, 2.45) is 5.41 Å². The first-order valence-electron chi connectivity index (χ1n) is 4.92. The molecule has 0 radical (unpaired) electrons. The smallest absolute Gasteiger partial charge is 0.225 e. The molecule has 0 fully saturated rings. The Hall–Kier alpha value is -1.38. The van der Waals surface area contributed by atoms with Crippen LogP contribution in [-0.4, -0.2) is 13.0 Å². The Balaban J connectivity index is 2.77. The normalized spacial score (nSPS) is 11.2. The molecule has 0 spiro atoms. The van der Waals surface area contributed by atoms with Crippen LogP contribution in [0.3, 0.4) is 0 Å². The summed E-state index contributed by atoms with van der Waals surface area (Å²) in [4.78, 5) is 11.5. The van der Waals surface area contributed by atoms with Gasteiger partial charge in [-0.25, -0.2) is 4.39 Å². The van der Waals surface area contributed by atoms with E-state index in [1.54, 1.807) is 19.2 Å². The molecule has 1 aromatic carbocycles. The van der Waals surface area contributed by atoms with E-state index in [0.717, 1.165) is 5.56 Å². The standard InChI is InChI=1S/C12H16FNO/c1-12(2,11(15)14-3)8-9-4-6-10(13)7-5-9/h4-7H,8H2,1-3H3,(H,14,15). The number of carbonyl (C=O) groups excluding carboxylic acids is 1. The van der Waals surface area contributed by atoms with E-state index in [9.17, 15) is 9.18 Å². The molecule has 0 aliphatic heterocycles. The Bertz CT molecular complexity index is 343. The van der Waals surface area contributed by atoms with Gasteiger partial charge in [-0.3, -0.25) is 4.79 Å². The number of rotatable bonds is 3. The van der Waals surface area contributed by atoms with Crippen molar-refractivity contribution in [2.75, 3.05) is 7.05 Å². The van der Waals surface area contributed by atoms with Gasteiger partial charge in [0.1, 0.15) is 5.82 Å². The van der Waals surface area contributed by atoms with Crippen molar-refractivity contribution in [2.45, 2.75) is 20.3 Å². The van der Waals surface area contributed by atoms with Gasteiger partial charge in [-0.1, -0.05) is 26.0 Å². The Morgan fingerprint density at radius 1 is 1.33 bits per heavy atom. The van der Waals surface area contributed by atoms with Gasteiger partial charge in [0.05, 0.1) is 0 Å². The summed E-state index contributed by atoms with van der Waals surface area (Å²) >= 11 is 0. The Morgan fingerprint density at radius 3 is 2.33 bits per heavy atom. The molecule has 3 heteroatoms. The fourth-order valence-corrected chi connectivity index (χ4v) is 1.53. The van der Waals surface area contributed by atoms with Gasteiger partial charge in [0, 0.05) is 12.5 Å². The second-order valence-electron chi connectivity index (χ2n) is 4.27. The predicted octanol–water partition coefficient (Wildman–Crippen LogP) is 2.14. The van der Waals surface area contributed by atoms with E-state index in [0.29, 0.717) is 6.42 Å². The monoisotopic (exact) mass is 209 g/mol. The van der Waals surface area contributed by atoms with Crippen molar-refractivity contribution in [3.05, 3.63) is 35.6 Å². The molecular formula is C12H16FNO. The first kappa shape index (κ1) is 11.7. The summed E-state index contributed by atoms with van der Waals surface area (Å²) in [6, 6.07) is 6.24. The predicted molar refractivity (Wildman–Crippen MR) is 58.0 cm³/mol. The van der Waals surface area contributed by atoms with E-state index in [-0.39, 0.29) is 11.7 Å². The summed E-state index contributed by atoms with van der Waals surface area (Å²) in [6.07, 6.45) is 0.604. The van der Waals surface area contributed by atoms with Crippen molar-refractivity contribution in [3.63, 3.8) is 0 Å². The topological polar surface area (TPSA) is 29.1 Å². The fourth-order valence-electron chi connectivity index (χ4n) is 1.53. The number of benzene rings is 1. The third-order valence-electron chi connectivity index (χ3n) is 2.40. The first-order valence-corrected chi connectivity index (χ1v) is 4.92. The molecule has 1 aromatic rings. The molecule has 0 atom stereocenters. The lowest BCUT2D eigenvalue weighted by Crippen LogP contribution is -2.36. The minimum Gasteiger partial charge on any atom is -0.359 e. The number of amides is 1. The number of hydrogen-bond acceptors (Lipinski definition) is 1. The molecule has 2 nitrogen and oxygen atoms in total. The maximum absolute atomic E-state index is 12.7. The Kier molecular flexibility index (Phi) is 3.45. The van der Waals surface area contributed by atoms with Crippen LogP contribution in [0.1, 0.15) is 19.4 Å². The average molecular weight is 209 g/mol. The summed E-state index contributed by atoms with van der Waals surface area (Å²) in [7, 11) is 1.62. The zero-order valence-electron chi connectivity index (χ0n) is 9.30. The quantitative estimate of drug-likeness (QED) is 0.812. The summed E-state index contributed by atoms with van der Waals surface area (Å²) < 4.78 is 12.7. The van der Waals surface area contributed by atoms with E-state index in [2.05, 4.69) is 5.32 Å². The van der Waals surface area contributed by atoms with Crippen molar-refractivity contribution in [1.29, 1.82) is 0 Å². The van der Waals surface area contributed by atoms with Crippen molar-refractivity contribution in [3.8, 4) is 0 Å². The second-order valence-corrected chi connectivity index (χ2v) is 4.27. The highest BCUT2D eigenvalue weighted by molar-refractivity contribution is 5.81. The van der Waals surface area contributed by atoms with Crippen LogP contribution in [0.5, 0.6) is 0 Å². The molecule has 0 bridgehead atoms. The van der Waals surface area contributed by atoms with Crippen LogP contribution in [0.25, 0.3) is 0 Å². The summed E-state index contributed by atoms with van der Waals surface area (Å²) in [5.74, 6) is -0.261. The molecule has 15 heavy (non-hydrogen) atoms. The molecule has 0 aliphatic carbocycles. The minimum absolute atomic E-state index is 0.00757. The third kappa shape index (κ3) is 3.05. The molecular weight excluding hydrogens is 193 g/mol. The zero-order chi connectivity index (χ0) is 11.5. The molecule has 0 aromatic heterocycles. The van der Waals surface area contributed by atoms with E-state index < -0.39 is 5.41 Å². The van der Waals surface area contributed by atoms with Crippen molar-refractivity contribution in [1.82, 2.24) is 5.32 Å². The minimum atomic E-state index is -0.466. The number of hydrogen-bond donors (Lipinski definition) is 1. The lowest BCUT2D eigenvalue weighted by atomic mass is 9.85. The largest absolute Gasteiger partial charge is 0.359 e. The molecule has 82 valence electrons. The van der Waals surface area contributed by atoms with Crippen LogP contribution < -0.4 is 5.32 Å². The van der Waals surface area contributed by atoms with Gasteiger partial charge in [0.15, 0.2) is 0 Å². The fraction of sp³-hybridized carbons (Fsp3) is 0.417. The van der Waals surface area contributed by atoms with Crippen LogP contribution in [-0.2, 0) is 11.2 Å². The van der Waals surface area contributed by atoms with E-state index in [1.807, 2.05) is 13.8 Å². The Labute approximate surface area is 89.5 Å². The summed E-state index contributed by atoms with van der Waals surface area (Å²) in [6.45, 7) is 3.74. The van der Waals surface area contributed by atoms with Gasteiger partial charge >= 0.3 is 0 Å². The molecule has 0 unspecified atom stereocenters. The Morgan fingerprint density at radius 2 is 1.87 bits per heavy atom. The van der Waals surface area contributed by atoms with E-state index >= 15 is 0 Å². The van der Waals surface area contributed by atoms with Crippen LogP contribution in [0, 0.1) is 11.2 Å². The highest BCUT2D eigenvalue weighted by Gasteiger charge is 2.26. The SMILES string of the molecule is CNC(=O)C(C)(C)Cc1ccc(F)cc1. The lowest BCUT2D eigenvalue weighted by Gasteiger charge is -2.22. The average Bonchev–Trinajstić information content (AvgIpc) is 2.20. The number of nitrogens with one attached hydrogen (secondary N) is 1. The third-order valence-corrected chi connectivity index (χ3v) is 2.40. The van der Waals surface area contributed by atoms with Crippen LogP contribution in [0.4, 0.5) is 4.39 Å². The van der Waals surface area contributed by atoms with Gasteiger partial charge in [-0.2, -0.15) is 0 Å². The van der Waals surface area contributed by atoms with Gasteiger partial charge in [0.25, 0.3) is 0 Å². The molecule has 0 saturated carbocycles. The lowest BCUT2D eigenvalue weighted by molar-refractivity contribution is -0.128. The first-order chi connectivity index (χ1) is 6.95. The highest BCUT2D eigenvalue weighted by Crippen LogP contribution is 2.21. The molecule has 0 saturated heterocycles.